The number of hydrogen-bond acceptors (Lipinski definition) is 5. The molecule has 0 radical (unpaired) electrons. The molecule has 7 nitrogen and oxygen atoms in total. The van der Waals surface area contributed by atoms with Crippen LogP contribution in [-0.4, -0.2) is 37.6 Å². The molecule has 2 atom stereocenters. The Bertz CT molecular complexity index is 659. The van der Waals surface area contributed by atoms with Crippen molar-refractivity contribution in [1.82, 2.24) is 10.6 Å². The molecule has 1 aromatic carbocycles. The van der Waals surface area contributed by atoms with E-state index in [1.165, 1.54) is 0 Å². The first-order valence-corrected chi connectivity index (χ1v) is 8.12. The monoisotopic (exact) mass is 333 g/mol. The summed E-state index contributed by atoms with van der Waals surface area (Å²) in [7, 11) is 1.63. The maximum atomic E-state index is 12.0. The van der Waals surface area contributed by atoms with E-state index < -0.39 is 0 Å². The number of carbonyl (C=O) groups excluding carboxylic acids is 1. The van der Waals surface area contributed by atoms with Gasteiger partial charge in [0, 0.05) is 30.5 Å². The minimum Gasteiger partial charge on any atom is -0.496 e. The van der Waals surface area contributed by atoms with Crippen LogP contribution in [0.2, 0.25) is 0 Å². The zero-order chi connectivity index (χ0) is 17.1. The van der Waals surface area contributed by atoms with Gasteiger partial charge in [0.25, 0.3) is 0 Å². The van der Waals surface area contributed by atoms with Crippen molar-refractivity contribution in [1.29, 1.82) is 0 Å². The average Bonchev–Trinajstić information content (AvgIpc) is 3.13. The van der Waals surface area contributed by atoms with Crippen LogP contribution in [0.1, 0.15) is 31.4 Å². The van der Waals surface area contributed by atoms with E-state index >= 15 is 0 Å². The summed E-state index contributed by atoms with van der Waals surface area (Å²) in [5.41, 5.74) is 2.97. The van der Waals surface area contributed by atoms with E-state index in [1.54, 1.807) is 7.11 Å². The Hall–Kier alpha value is -2.44. The fourth-order valence-corrected chi connectivity index (χ4v) is 2.93. The maximum absolute atomic E-state index is 12.0. The molecule has 0 saturated carbocycles. The van der Waals surface area contributed by atoms with E-state index in [1.807, 2.05) is 26.0 Å². The molecule has 0 saturated heterocycles. The van der Waals surface area contributed by atoms with Crippen molar-refractivity contribution in [3.8, 4) is 11.5 Å². The minimum absolute atomic E-state index is 0.0832. The van der Waals surface area contributed by atoms with Crippen LogP contribution in [0, 0.1) is 0 Å². The van der Waals surface area contributed by atoms with Gasteiger partial charge in [-0.2, -0.15) is 0 Å². The smallest absolute Gasteiger partial charge is 0.315 e. The van der Waals surface area contributed by atoms with Gasteiger partial charge in [0.1, 0.15) is 23.7 Å². The lowest BCUT2D eigenvalue weighted by Crippen LogP contribution is -2.39. The normalized spacial score (nSPS) is 21.4. The molecule has 24 heavy (non-hydrogen) atoms. The van der Waals surface area contributed by atoms with Crippen molar-refractivity contribution in [2.75, 3.05) is 13.7 Å². The molecule has 3 rings (SSSR count). The molecule has 130 valence electrons. The largest absolute Gasteiger partial charge is 0.496 e. The molecule has 2 unspecified atom stereocenters. The van der Waals surface area contributed by atoms with E-state index in [4.69, 9.17) is 14.3 Å². The molecule has 0 fully saturated rings. The van der Waals surface area contributed by atoms with Crippen LogP contribution in [0.3, 0.4) is 0 Å². The summed E-state index contributed by atoms with van der Waals surface area (Å²) in [5, 5.41) is 9.49. The van der Waals surface area contributed by atoms with Gasteiger partial charge in [0.05, 0.1) is 19.4 Å². The topological polar surface area (TPSA) is 81.2 Å². The number of methoxy groups -OCH3 is 1. The summed E-state index contributed by atoms with van der Waals surface area (Å²) in [5.74, 6) is 1.63. The van der Waals surface area contributed by atoms with E-state index in [0.29, 0.717) is 13.1 Å². The third kappa shape index (κ3) is 3.72. The van der Waals surface area contributed by atoms with E-state index in [0.717, 1.165) is 41.2 Å². The lowest BCUT2D eigenvalue weighted by Gasteiger charge is -2.13. The summed E-state index contributed by atoms with van der Waals surface area (Å²) in [4.78, 5) is 17.1. The molecule has 1 aromatic rings. The van der Waals surface area contributed by atoms with E-state index in [-0.39, 0.29) is 18.2 Å². The summed E-state index contributed by atoms with van der Waals surface area (Å²) in [6, 6.07) is 3.68. The van der Waals surface area contributed by atoms with Gasteiger partial charge >= 0.3 is 6.03 Å². The fourth-order valence-electron chi connectivity index (χ4n) is 2.93. The molecule has 2 aliphatic heterocycles. The second kappa shape index (κ2) is 6.98. The minimum atomic E-state index is -0.250. The number of amides is 2. The number of ether oxygens (including phenoxy) is 2. The summed E-state index contributed by atoms with van der Waals surface area (Å²) in [6.45, 7) is 4.73. The van der Waals surface area contributed by atoms with Crippen LogP contribution in [0.15, 0.2) is 17.3 Å². The predicted octanol–water partition coefficient (Wildman–Crippen LogP) is 1.98. The van der Waals surface area contributed by atoms with Gasteiger partial charge in [0.15, 0.2) is 0 Å². The number of urea groups is 1. The Labute approximate surface area is 141 Å². The van der Waals surface area contributed by atoms with E-state index in [2.05, 4.69) is 15.8 Å². The number of benzene rings is 1. The van der Waals surface area contributed by atoms with Gasteiger partial charge in [-0.1, -0.05) is 5.16 Å². The second-order valence-corrected chi connectivity index (χ2v) is 6.23. The molecule has 0 aliphatic carbocycles. The Morgan fingerprint density at radius 2 is 2.21 bits per heavy atom. The number of nitrogens with zero attached hydrogens (tertiary/aromatic N) is 1. The highest BCUT2D eigenvalue weighted by Crippen LogP contribution is 2.34. The second-order valence-electron chi connectivity index (χ2n) is 6.23. The Morgan fingerprint density at radius 3 is 2.92 bits per heavy atom. The summed E-state index contributed by atoms with van der Waals surface area (Å²) >= 11 is 0. The molecule has 0 bridgehead atoms. The number of nitrogens with one attached hydrogen (secondary N) is 2. The first-order chi connectivity index (χ1) is 11.5. The first-order valence-electron chi connectivity index (χ1n) is 8.12. The van der Waals surface area contributed by atoms with Gasteiger partial charge in [-0.15, -0.1) is 0 Å². The number of carbonyl (C=O) groups is 1. The standard InChI is InChI=1S/C17H23N3O4/c1-10-4-14(24-20-10)9-19-17(21)18-8-13-7-16-12(5-11(2)23-16)6-15(13)22-3/h6-7,11,14H,4-5,8-9H2,1-3H3,(H2,18,19,21). The van der Waals surface area contributed by atoms with Crippen LogP contribution in [0.5, 0.6) is 11.5 Å². The molecular formula is C17H23N3O4. The van der Waals surface area contributed by atoms with Crippen molar-refractivity contribution in [3.63, 3.8) is 0 Å². The highest BCUT2D eigenvalue weighted by atomic mass is 16.6. The number of fused-ring (bicyclic) bond motifs is 1. The van der Waals surface area contributed by atoms with Gasteiger partial charge in [0.2, 0.25) is 0 Å². The molecule has 2 heterocycles. The number of oxime groups is 1. The predicted molar refractivity (Wildman–Crippen MR) is 89.6 cm³/mol. The average molecular weight is 333 g/mol. The van der Waals surface area contributed by atoms with Crippen molar-refractivity contribution in [3.05, 3.63) is 23.3 Å². The van der Waals surface area contributed by atoms with E-state index in [9.17, 15) is 4.79 Å². The van der Waals surface area contributed by atoms with Crippen LogP contribution in [0.25, 0.3) is 0 Å². The highest BCUT2D eigenvalue weighted by Gasteiger charge is 2.22. The van der Waals surface area contributed by atoms with Crippen molar-refractivity contribution < 1.29 is 19.1 Å². The first kappa shape index (κ1) is 16.4. The van der Waals surface area contributed by atoms with Gasteiger partial charge in [-0.05, 0) is 26.0 Å². The van der Waals surface area contributed by atoms with Crippen LogP contribution >= 0.6 is 0 Å². The SMILES string of the molecule is COc1cc2c(cc1CNC(=O)NCC1CC(C)=NO1)OC(C)C2. The molecule has 2 amide bonds. The molecule has 0 aromatic heterocycles. The summed E-state index contributed by atoms with van der Waals surface area (Å²) < 4.78 is 11.2. The fraction of sp³-hybridized carbons (Fsp3) is 0.529. The summed E-state index contributed by atoms with van der Waals surface area (Å²) in [6.07, 6.45) is 1.71. The Kier molecular flexibility index (Phi) is 4.78. The molecule has 2 N–H and O–H groups in total. The maximum Gasteiger partial charge on any atom is 0.315 e. The highest BCUT2D eigenvalue weighted by molar-refractivity contribution is 5.83. The van der Waals surface area contributed by atoms with Crippen molar-refractivity contribution in [2.45, 2.75) is 45.4 Å². The number of rotatable bonds is 5. The third-order valence-electron chi connectivity index (χ3n) is 4.11. The lowest BCUT2D eigenvalue weighted by molar-refractivity contribution is 0.0865. The third-order valence-corrected chi connectivity index (χ3v) is 4.11. The molecule has 7 heteroatoms. The zero-order valence-corrected chi connectivity index (χ0v) is 14.2. The number of hydrogen-bond donors (Lipinski definition) is 2. The Morgan fingerprint density at radius 1 is 1.38 bits per heavy atom. The molecule has 2 aliphatic rings. The van der Waals surface area contributed by atoms with Gasteiger partial charge < -0.3 is 24.9 Å². The quantitative estimate of drug-likeness (QED) is 0.863. The van der Waals surface area contributed by atoms with Crippen LogP contribution in [-0.2, 0) is 17.8 Å². The van der Waals surface area contributed by atoms with Gasteiger partial charge in [-0.3, -0.25) is 0 Å². The van der Waals surface area contributed by atoms with Crippen LogP contribution in [0.4, 0.5) is 4.79 Å². The van der Waals surface area contributed by atoms with Crippen molar-refractivity contribution in [2.24, 2.45) is 5.16 Å². The van der Waals surface area contributed by atoms with Gasteiger partial charge in [-0.25, -0.2) is 4.79 Å². The Balaban J connectivity index is 1.52. The van der Waals surface area contributed by atoms with Crippen molar-refractivity contribution >= 4 is 11.7 Å². The lowest BCUT2D eigenvalue weighted by atomic mass is 10.1. The molecular weight excluding hydrogens is 310 g/mol. The van der Waals surface area contributed by atoms with Crippen LogP contribution < -0.4 is 20.1 Å². The molecule has 0 spiro atoms. The zero-order valence-electron chi connectivity index (χ0n) is 14.2.